The van der Waals surface area contributed by atoms with Crippen LogP contribution >= 0.6 is 0 Å². The molecule has 10 nitrogen and oxygen atoms in total. The molecule has 2 aromatic heterocycles. The summed E-state index contributed by atoms with van der Waals surface area (Å²) in [5.41, 5.74) is 6.67. The van der Waals surface area contributed by atoms with Crippen LogP contribution in [-0.2, 0) is 4.79 Å². The average molecular weight is 475 g/mol. The van der Waals surface area contributed by atoms with E-state index in [4.69, 9.17) is 5.73 Å². The molecule has 3 aromatic rings. The standard InChI is InChI=1S/C25H26N6O4/c1-15(32)30-13-18(14-30)17-11-20-21(22(26)33)28-31(23(20)27-12-17)19-5-3-4-16(10-19)6-7-25(35)8-9-29(2)24(25)34/h3-5,10-12,15,18,32,35H,8-9,13-14H2,1-2H3,(H2,26,33)/t15?,25-/m0/s1. The van der Waals surface area contributed by atoms with E-state index >= 15 is 0 Å². The molecule has 4 heterocycles. The summed E-state index contributed by atoms with van der Waals surface area (Å²) in [5, 5.41) is 25.3. The minimum atomic E-state index is -1.69. The smallest absolute Gasteiger partial charge is 0.269 e. The normalized spacial score (nSPS) is 21.6. The fraction of sp³-hybridized carbons (Fsp3) is 0.360. The first-order valence-corrected chi connectivity index (χ1v) is 11.4. The fourth-order valence-corrected chi connectivity index (χ4v) is 4.49. The lowest BCUT2D eigenvalue weighted by Crippen LogP contribution is -2.49. The number of likely N-dealkylation sites (tertiary alicyclic amines) is 2. The highest BCUT2D eigenvalue weighted by Gasteiger charge is 2.42. The predicted octanol–water partition coefficient (Wildman–Crippen LogP) is 0.202. The summed E-state index contributed by atoms with van der Waals surface area (Å²) in [6.45, 7) is 3.59. The van der Waals surface area contributed by atoms with Crippen LogP contribution in [0, 0.1) is 11.8 Å². The molecule has 0 bridgehead atoms. The third-order valence-corrected chi connectivity index (χ3v) is 6.70. The summed E-state index contributed by atoms with van der Waals surface area (Å²) < 4.78 is 1.54. The Morgan fingerprint density at radius 1 is 1.31 bits per heavy atom. The molecule has 5 rings (SSSR count). The average Bonchev–Trinajstić information content (AvgIpc) is 3.30. The summed E-state index contributed by atoms with van der Waals surface area (Å²) in [4.78, 5) is 32.3. The van der Waals surface area contributed by atoms with Crippen molar-refractivity contribution in [1.82, 2.24) is 24.6 Å². The maximum absolute atomic E-state index is 12.2. The number of hydrogen-bond donors (Lipinski definition) is 3. The number of fused-ring (bicyclic) bond motifs is 1. The van der Waals surface area contributed by atoms with Gasteiger partial charge in [0.15, 0.2) is 11.3 Å². The van der Waals surface area contributed by atoms with Crippen LogP contribution in [0.4, 0.5) is 0 Å². The predicted molar refractivity (Wildman–Crippen MR) is 127 cm³/mol. The quantitative estimate of drug-likeness (QED) is 0.459. The molecule has 2 fully saturated rings. The van der Waals surface area contributed by atoms with Crippen LogP contribution in [0.5, 0.6) is 0 Å². The molecule has 2 amide bonds. The molecule has 2 atom stereocenters. The van der Waals surface area contributed by atoms with Crippen molar-refractivity contribution in [2.45, 2.75) is 31.1 Å². The van der Waals surface area contributed by atoms with Gasteiger partial charge in [0.1, 0.15) is 6.23 Å². The molecule has 4 N–H and O–H groups in total. The second-order valence-corrected chi connectivity index (χ2v) is 9.18. The third kappa shape index (κ3) is 4.04. The Kier molecular flexibility index (Phi) is 5.56. The van der Waals surface area contributed by atoms with E-state index in [-0.39, 0.29) is 18.0 Å². The Hall–Kier alpha value is -3.78. The van der Waals surface area contributed by atoms with Gasteiger partial charge in [-0.25, -0.2) is 9.67 Å². The molecule has 0 saturated carbocycles. The highest BCUT2D eigenvalue weighted by Crippen LogP contribution is 2.31. The van der Waals surface area contributed by atoms with Crippen molar-refractivity contribution in [3.05, 3.63) is 53.3 Å². The second-order valence-electron chi connectivity index (χ2n) is 9.18. The number of carbonyl (C=O) groups excluding carboxylic acids is 2. The maximum Gasteiger partial charge on any atom is 0.269 e. The van der Waals surface area contributed by atoms with Crippen LogP contribution < -0.4 is 5.73 Å². The fourth-order valence-electron chi connectivity index (χ4n) is 4.49. The van der Waals surface area contributed by atoms with Gasteiger partial charge in [0, 0.05) is 50.8 Å². The van der Waals surface area contributed by atoms with Crippen molar-refractivity contribution >= 4 is 22.8 Å². The van der Waals surface area contributed by atoms with Gasteiger partial charge in [-0.15, -0.1) is 0 Å². The number of rotatable bonds is 4. The molecule has 2 aliphatic heterocycles. The molecule has 1 aromatic carbocycles. The number of benzene rings is 1. The molecule has 1 unspecified atom stereocenters. The molecule has 180 valence electrons. The molecular formula is C25H26N6O4. The lowest BCUT2D eigenvalue weighted by molar-refractivity contribution is -0.137. The van der Waals surface area contributed by atoms with Crippen molar-refractivity contribution in [3.8, 4) is 17.5 Å². The highest BCUT2D eigenvalue weighted by atomic mass is 16.3. The molecule has 35 heavy (non-hydrogen) atoms. The van der Waals surface area contributed by atoms with Gasteiger partial charge in [0.05, 0.1) is 11.1 Å². The molecule has 10 heteroatoms. The van der Waals surface area contributed by atoms with Gasteiger partial charge in [0.2, 0.25) is 5.60 Å². The third-order valence-electron chi connectivity index (χ3n) is 6.70. The number of pyridine rings is 1. The van der Waals surface area contributed by atoms with E-state index in [9.17, 15) is 19.8 Å². The van der Waals surface area contributed by atoms with Crippen LogP contribution in [0.1, 0.15) is 40.9 Å². The van der Waals surface area contributed by atoms with Crippen LogP contribution in [0.15, 0.2) is 36.5 Å². The minimum Gasteiger partial charge on any atom is -0.379 e. The van der Waals surface area contributed by atoms with Crippen molar-refractivity contribution in [3.63, 3.8) is 0 Å². The second kappa shape index (κ2) is 8.46. The Labute approximate surface area is 201 Å². The van der Waals surface area contributed by atoms with E-state index in [0.717, 1.165) is 5.56 Å². The van der Waals surface area contributed by atoms with E-state index in [1.54, 1.807) is 44.4 Å². The zero-order valence-corrected chi connectivity index (χ0v) is 19.5. The zero-order valence-electron chi connectivity index (χ0n) is 19.5. The van der Waals surface area contributed by atoms with Gasteiger partial charge in [-0.1, -0.05) is 17.9 Å². The molecule has 0 aliphatic carbocycles. The van der Waals surface area contributed by atoms with Gasteiger partial charge in [-0.2, -0.15) is 5.10 Å². The molecule has 0 radical (unpaired) electrons. The van der Waals surface area contributed by atoms with Crippen LogP contribution in [0.25, 0.3) is 16.7 Å². The van der Waals surface area contributed by atoms with Crippen molar-refractivity contribution in [2.24, 2.45) is 5.73 Å². The number of nitrogens with two attached hydrogens (primary N) is 1. The van der Waals surface area contributed by atoms with Crippen molar-refractivity contribution in [1.29, 1.82) is 0 Å². The molecule has 2 aliphatic rings. The summed E-state index contributed by atoms with van der Waals surface area (Å²) in [5.74, 6) is 4.74. The number of nitrogens with zero attached hydrogens (tertiary/aromatic N) is 5. The van der Waals surface area contributed by atoms with E-state index in [0.29, 0.717) is 41.9 Å². The van der Waals surface area contributed by atoms with E-state index in [2.05, 4.69) is 21.9 Å². The minimum absolute atomic E-state index is 0.117. The van der Waals surface area contributed by atoms with Gasteiger partial charge >= 0.3 is 0 Å². The lowest BCUT2D eigenvalue weighted by atomic mass is 9.92. The van der Waals surface area contributed by atoms with Crippen LogP contribution in [-0.4, -0.2) is 85.1 Å². The monoisotopic (exact) mass is 474 g/mol. The van der Waals surface area contributed by atoms with Gasteiger partial charge in [0.25, 0.3) is 11.8 Å². The maximum atomic E-state index is 12.2. The number of amides is 2. The summed E-state index contributed by atoms with van der Waals surface area (Å²) >= 11 is 0. The lowest BCUT2D eigenvalue weighted by Gasteiger charge is -2.41. The topological polar surface area (TPSA) is 138 Å². The number of aromatic nitrogens is 3. The van der Waals surface area contributed by atoms with E-state index in [1.807, 2.05) is 11.0 Å². The number of primary amides is 1. The Bertz CT molecular complexity index is 1400. The number of aliphatic hydroxyl groups is 2. The van der Waals surface area contributed by atoms with Gasteiger partial charge < -0.3 is 20.8 Å². The summed E-state index contributed by atoms with van der Waals surface area (Å²) in [6.07, 6.45) is 1.51. The number of hydrogen-bond acceptors (Lipinski definition) is 7. The first-order chi connectivity index (χ1) is 16.7. The van der Waals surface area contributed by atoms with E-state index < -0.39 is 23.6 Å². The highest BCUT2D eigenvalue weighted by molar-refractivity contribution is 6.03. The molecule has 0 spiro atoms. The van der Waals surface area contributed by atoms with Gasteiger partial charge in [-0.3, -0.25) is 14.5 Å². The SMILES string of the molecule is CC(O)N1CC(c2cnc3c(c2)c(C(N)=O)nn3-c2cccc(C#C[C@]3(O)CCN(C)C3=O)c2)C1. The van der Waals surface area contributed by atoms with Crippen molar-refractivity contribution < 1.29 is 19.8 Å². The van der Waals surface area contributed by atoms with Crippen molar-refractivity contribution in [2.75, 3.05) is 26.7 Å². The summed E-state index contributed by atoms with van der Waals surface area (Å²) in [6, 6.07) is 8.97. The van der Waals surface area contributed by atoms with Crippen LogP contribution in [0.3, 0.4) is 0 Å². The number of aliphatic hydroxyl groups excluding tert-OH is 1. The molecular weight excluding hydrogens is 448 g/mol. The van der Waals surface area contributed by atoms with Gasteiger partial charge in [-0.05, 0) is 36.8 Å². The Morgan fingerprint density at radius 3 is 2.74 bits per heavy atom. The Balaban J connectivity index is 1.49. The number of carbonyl (C=O) groups is 2. The zero-order chi connectivity index (χ0) is 24.9. The Morgan fingerprint density at radius 2 is 2.09 bits per heavy atom. The largest absolute Gasteiger partial charge is 0.379 e. The van der Waals surface area contributed by atoms with Crippen LogP contribution in [0.2, 0.25) is 0 Å². The summed E-state index contributed by atoms with van der Waals surface area (Å²) in [7, 11) is 1.63. The first kappa shape index (κ1) is 23.0. The number of likely N-dealkylation sites (N-methyl/N-ethyl adjacent to an activating group) is 1. The van der Waals surface area contributed by atoms with E-state index in [1.165, 1.54) is 9.58 Å². The first-order valence-electron chi connectivity index (χ1n) is 11.4. The molecule has 2 saturated heterocycles.